The van der Waals surface area contributed by atoms with Crippen molar-refractivity contribution in [1.82, 2.24) is 9.71 Å². The van der Waals surface area contributed by atoms with Crippen LogP contribution in [-0.2, 0) is 27.9 Å². The lowest BCUT2D eigenvalue weighted by molar-refractivity contribution is 0.0468. The van der Waals surface area contributed by atoms with Crippen molar-refractivity contribution in [3.63, 3.8) is 0 Å². The predicted octanol–water partition coefficient (Wildman–Crippen LogP) is 4.25. The fourth-order valence-corrected chi connectivity index (χ4v) is 4.80. The zero-order valence-corrected chi connectivity index (χ0v) is 19.2. The Hall–Kier alpha value is -3.47. The van der Waals surface area contributed by atoms with Gasteiger partial charge in [-0.3, -0.25) is 0 Å². The molecule has 0 aliphatic heterocycles. The van der Waals surface area contributed by atoms with Gasteiger partial charge in [0.25, 0.3) is 0 Å². The molecule has 8 nitrogen and oxygen atoms in total. The lowest BCUT2D eigenvalue weighted by Crippen LogP contribution is -2.23. The van der Waals surface area contributed by atoms with Crippen LogP contribution in [0.3, 0.4) is 0 Å². The molecule has 0 aliphatic carbocycles. The molecule has 0 spiro atoms. The number of para-hydroxylation sites is 1. The topological polar surface area (TPSA) is 108 Å². The van der Waals surface area contributed by atoms with E-state index in [9.17, 15) is 13.2 Å². The highest BCUT2D eigenvalue weighted by Gasteiger charge is 2.17. The van der Waals surface area contributed by atoms with Gasteiger partial charge in [-0.15, -0.1) is 11.3 Å². The third-order valence-corrected chi connectivity index (χ3v) is 7.00. The molecule has 0 unspecified atom stereocenters. The Balaban J connectivity index is 1.36. The minimum atomic E-state index is -3.74. The molecule has 2 heterocycles. The van der Waals surface area contributed by atoms with Gasteiger partial charge in [0.1, 0.15) is 23.1 Å². The smallest absolute Gasteiger partial charge is 0.338 e. The van der Waals surface area contributed by atoms with Crippen molar-refractivity contribution in [3.8, 4) is 16.3 Å². The van der Waals surface area contributed by atoms with Crippen molar-refractivity contribution in [2.45, 2.75) is 18.0 Å². The molecule has 0 saturated carbocycles. The maximum atomic E-state index is 12.4. The van der Waals surface area contributed by atoms with Crippen LogP contribution in [0.25, 0.3) is 10.6 Å². The molecule has 0 amide bonds. The number of hydrogen-bond donors (Lipinski definition) is 1. The molecular formula is C23H20N2O6S2. The molecule has 0 atom stereocenters. The van der Waals surface area contributed by atoms with E-state index in [1.54, 1.807) is 19.2 Å². The average molecular weight is 485 g/mol. The summed E-state index contributed by atoms with van der Waals surface area (Å²) in [6.07, 6.45) is 1.47. The van der Waals surface area contributed by atoms with E-state index < -0.39 is 16.0 Å². The van der Waals surface area contributed by atoms with E-state index in [1.807, 2.05) is 29.6 Å². The van der Waals surface area contributed by atoms with Crippen LogP contribution in [0.4, 0.5) is 0 Å². The van der Waals surface area contributed by atoms with Gasteiger partial charge in [0.2, 0.25) is 10.0 Å². The largest absolute Gasteiger partial charge is 0.496 e. The Morgan fingerprint density at radius 1 is 1.09 bits per heavy atom. The third kappa shape index (κ3) is 5.48. The van der Waals surface area contributed by atoms with Crippen molar-refractivity contribution in [1.29, 1.82) is 0 Å². The van der Waals surface area contributed by atoms with Gasteiger partial charge < -0.3 is 13.9 Å². The number of aromatic nitrogens is 1. The number of nitrogens with zero attached hydrogens (tertiary/aromatic N) is 1. The van der Waals surface area contributed by atoms with Crippen LogP contribution in [0.15, 0.2) is 81.6 Å². The predicted molar refractivity (Wildman–Crippen MR) is 122 cm³/mol. The highest BCUT2D eigenvalue weighted by atomic mass is 32.2. The van der Waals surface area contributed by atoms with E-state index in [0.717, 1.165) is 10.6 Å². The first-order valence-corrected chi connectivity index (χ1v) is 12.2. The summed E-state index contributed by atoms with van der Waals surface area (Å²) >= 11 is 1.43. The normalized spacial score (nSPS) is 11.3. The molecule has 0 fully saturated rings. The van der Waals surface area contributed by atoms with Crippen LogP contribution in [0.2, 0.25) is 0 Å². The third-order valence-electron chi connectivity index (χ3n) is 4.66. The molecule has 170 valence electrons. The van der Waals surface area contributed by atoms with Crippen molar-refractivity contribution in [2.75, 3.05) is 7.11 Å². The zero-order valence-electron chi connectivity index (χ0n) is 17.6. The van der Waals surface area contributed by atoms with Crippen LogP contribution in [0.1, 0.15) is 21.8 Å². The Morgan fingerprint density at radius 2 is 1.88 bits per heavy atom. The maximum Gasteiger partial charge on any atom is 0.338 e. The van der Waals surface area contributed by atoms with Gasteiger partial charge in [0, 0.05) is 5.38 Å². The summed E-state index contributed by atoms with van der Waals surface area (Å²) < 4.78 is 43.1. The summed E-state index contributed by atoms with van der Waals surface area (Å²) in [6, 6.07) is 16.4. The van der Waals surface area contributed by atoms with Gasteiger partial charge in [-0.2, -0.15) is 0 Å². The van der Waals surface area contributed by atoms with Crippen LogP contribution >= 0.6 is 11.3 Å². The van der Waals surface area contributed by atoms with Crippen molar-refractivity contribution in [2.24, 2.45) is 0 Å². The second kappa shape index (κ2) is 9.99. The van der Waals surface area contributed by atoms with E-state index in [4.69, 9.17) is 13.9 Å². The molecule has 4 aromatic rings. The molecule has 0 radical (unpaired) electrons. The number of carbonyl (C=O) groups excluding carboxylic acids is 1. The number of nitrogens with one attached hydrogen (secondary N) is 1. The number of hydrogen-bond acceptors (Lipinski definition) is 8. The first-order valence-electron chi connectivity index (χ1n) is 9.83. The summed E-state index contributed by atoms with van der Waals surface area (Å²) in [7, 11) is -2.15. The lowest BCUT2D eigenvalue weighted by Gasteiger charge is -2.07. The number of benzene rings is 2. The molecule has 0 bridgehead atoms. The van der Waals surface area contributed by atoms with E-state index in [-0.39, 0.29) is 23.6 Å². The van der Waals surface area contributed by atoms with Crippen LogP contribution in [0.5, 0.6) is 5.75 Å². The van der Waals surface area contributed by atoms with Gasteiger partial charge in [-0.05, 0) is 48.5 Å². The summed E-state index contributed by atoms with van der Waals surface area (Å²) in [5, 5.41) is 2.57. The van der Waals surface area contributed by atoms with E-state index >= 15 is 0 Å². The molecule has 2 aromatic heterocycles. The van der Waals surface area contributed by atoms with Crippen molar-refractivity contribution >= 4 is 27.3 Å². The summed E-state index contributed by atoms with van der Waals surface area (Å²) in [6.45, 7) is 0.0266. The fraction of sp³-hybridized carbons (Fsp3) is 0.130. The lowest BCUT2D eigenvalue weighted by atomic mass is 10.2. The summed E-state index contributed by atoms with van der Waals surface area (Å²) in [4.78, 5) is 16.9. The highest BCUT2D eigenvalue weighted by molar-refractivity contribution is 7.89. The number of carbonyl (C=O) groups is 1. The first kappa shape index (κ1) is 22.7. The van der Waals surface area contributed by atoms with Gasteiger partial charge in [0.05, 0.1) is 41.6 Å². The number of thiazole rings is 1. The molecule has 0 saturated heterocycles. The van der Waals surface area contributed by atoms with Gasteiger partial charge in [0.15, 0.2) is 0 Å². The highest BCUT2D eigenvalue weighted by Crippen LogP contribution is 2.32. The Labute approximate surface area is 194 Å². The summed E-state index contributed by atoms with van der Waals surface area (Å²) in [5.41, 5.74) is 1.70. The minimum Gasteiger partial charge on any atom is -0.496 e. The standard InChI is InChI=1S/C23H20N2O6S2/c1-29-21-7-3-2-6-20(21)22-25-17(15-32-22)14-31-23(26)16-8-10-19(11-9-16)33(27,28)24-13-18-5-4-12-30-18/h2-12,15,24H,13-14H2,1H3. The number of rotatable bonds is 9. The van der Waals surface area contributed by atoms with Crippen LogP contribution in [0, 0.1) is 0 Å². The van der Waals surface area contributed by atoms with Crippen molar-refractivity contribution < 1.29 is 27.1 Å². The van der Waals surface area contributed by atoms with Crippen LogP contribution in [-0.4, -0.2) is 26.5 Å². The van der Waals surface area contributed by atoms with Crippen LogP contribution < -0.4 is 9.46 Å². The quantitative estimate of drug-likeness (QED) is 0.354. The molecule has 2 aromatic carbocycles. The second-order valence-electron chi connectivity index (χ2n) is 6.85. The average Bonchev–Trinajstić information content (AvgIpc) is 3.54. The monoisotopic (exact) mass is 484 g/mol. The van der Waals surface area contributed by atoms with E-state index in [0.29, 0.717) is 17.2 Å². The molecule has 33 heavy (non-hydrogen) atoms. The molecule has 0 aliphatic rings. The number of furan rings is 1. The van der Waals surface area contributed by atoms with E-state index in [2.05, 4.69) is 9.71 Å². The van der Waals surface area contributed by atoms with Gasteiger partial charge >= 0.3 is 5.97 Å². The van der Waals surface area contributed by atoms with Gasteiger partial charge in [-0.1, -0.05) is 12.1 Å². The molecule has 10 heteroatoms. The second-order valence-corrected chi connectivity index (χ2v) is 9.47. The zero-order chi connectivity index (χ0) is 23.3. The Bertz CT molecular complexity index is 1330. The summed E-state index contributed by atoms with van der Waals surface area (Å²) in [5.74, 6) is 0.632. The SMILES string of the molecule is COc1ccccc1-c1nc(COC(=O)c2ccc(S(=O)(=O)NCc3ccco3)cc2)cs1. The first-order chi connectivity index (χ1) is 16.0. The number of methoxy groups -OCH3 is 1. The Kier molecular flexibility index (Phi) is 6.87. The number of sulfonamides is 1. The maximum absolute atomic E-state index is 12.4. The van der Waals surface area contributed by atoms with Gasteiger partial charge in [-0.25, -0.2) is 22.9 Å². The fourth-order valence-electron chi connectivity index (χ4n) is 2.97. The molecule has 4 rings (SSSR count). The number of esters is 1. The van der Waals surface area contributed by atoms with E-state index in [1.165, 1.54) is 41.9 Å². The molecular weight excluding hydrogens is 464 g/mol. The number of ether oxygens (including phenoxy) is 2. The molecule has 1 N–H and O–H groups in total. The minimum absolute atomic E-state index is 0.00473. The van der Waals surface area contributed by atoms with Crippen molar-refractivity contribution in [3.05, 3.63) is 89.3 Å². The Morgan fingerprint density at radius 3 is 2.61 bits per heavy atom.